The fourth-order valence-corrected chi connectivity index (χ4v) is 3.04. The monoisotopic (exact) mass is 384 g/mol. The number of carboxylic acids is 1. The molecule has 0 saturated carbocycles. The van der Waals surface area contributed by atoms with Crippen LogP contribution in [0, 0.1) is 0 Å². The van der Waals surface area contributed by atoms with Gasteiger partial charge in [0, 0.05) is 11.2 Å². The van der Waals surface area contributed by atoms with Gasteiger partial charge in [-0.05, 0) is 30.3 Å². The van der Waals surface area contributed by atoms with E-state index in [1.807, 2.05) is 0 Å². The molecule has 0 aliphatic rings. The molecule has 0 aliphatic heterocycles. The molecule has 0 fully saturated rings. The van der Waals surface area contributed by atoms with Crippen LogP contribution in [0.15, 0.2) is 41.6 Å². The van der Waals surface area contributed by atoms with E-state index in [1.54, 1.807) is 12.1 Å². The van der Waals surface area contributed by atoms with E-state index in [9.17, 15) is 18.0 Å². The van der Waals surface area contributed by atoms with Crippen molar-refractivity contribution in [2.75, 3.05) is 19.0 Å². The van der Waals surface area contributed by atoms with Crippen molar-refractivity contribution in [2.45, 2.75) is 5.03 Å². The minimum atomic E-state index is -4.44. The molecular formula is C15H13ClN2O6S. The van der Waals surface area contributed by atoms with E-state index in [4.69, 9.17) is 21.4 Å². The van der Waals surface area contributed by atoms with Crippen LogP contribution in [0.1, 0.15) is 10.4 Å². The van der Waals surface area contributed by atoms with Gasteiger partial charge in [-0.1, -0.05) is 11.6 Å². The predicted molar refractivity (Wildman–Crippen MR) is 89.9 cm³/mol. The van der Waals surface area contributed by atoms with E-state index in [0.717, 1.165) is 18.3 Å². The number of sulfone groups is 1. The molecule has 0 radical (unpaired) electrons. The largest absolute Gasteiger partial charge is 0.495 e. The van der Waals surface area contributed by atoms with E-state index in [0.29, 0.717) is 16.5 Å². The van der Waals surface area contributed by atoms with Crippen LogP contribution in [0.4, 0.5) is 5.69 Å². The van der Waals surface area contributed by atoms with Crippen LogP contribution in [-0.4, -0.2) is 43.2 Å². The lowest BCUT2D eigenvalue weighted by Gasteiger charge is -2.11. The first-order valence-corrected chi connectivity index (χ1v) is 8.66. The van der Waals surface area contributed by atoms with Crippen molar-refractivity contribution < 1.29 is 27.9 Å². The summed E-state index contributed by atoms with van der Waals surface area (Å²) in [7, 11) is -3.03. The summed E-state index contributed by atoms with van der Waals surface area (Å²) < 4.78 is 29.6. The first-order chi connectivity index (χ1) is 11.8. The Kier molecular flexibility index (Phi) is 5.60. The zero-order valence-corrected chi connectivity index (χ0v) is 14.5. The summed E-state index contributed by atoms with van der Waals surface area (Å²) in [6, 6.07) is 6.56. The maximum absolute atomic E-state index is 12.2. The lowest BCUT2D eigenvalue weighted by atomic mass is 10.3. The normalized spacial score (nSPS) is 11.0. The maximum Gasteiger partial charge on any atom is 0.335 e. The lowest BCUT2D eigenvalue weighted by Crippen LogP contribution is -2.24. The summed E-state index contributed by atoms with van der Waals surface area (Å²) in [5.41, 5.74) is 0.0524. The number of nitrogens with one attached hydrogen (secondary N) is 1. The summed E-state index contributed by atoms with van der Waals surface area (Å²) in [6.07, 6.45) is 1.01. The molecule has 1 aromatic heterocycles. The molecule has 0 spiro atoms. The van der Waals surface area contributed by atoms with Crippen LogP contribution in [0.5, 0.6) is 5.75 Å². The first-order valence-electron chi connectivity index (χ1n) is 6.80. The quantitative estimate of drug-likeness (QED) is 0.773. The van der Waals surface area contributed by atoms with E-state index in [1.165, 1.54) is 13.2 Å². The third-order valence-corrected chi connectivity index (χ3v) is 4.89. The van der Waals surface area contributed by atoms with Crippen molar-refractivity contribution in [1.82, 2.24) is 4.98 Å². The number of anilines is 1. The van der Waals surface area contributed by atoms with Crippen molar-refractivity contribution in [2.24, 2.45) is 0 Å². The standard InChI is InChI=1S/C15H13ClN2O6S/c1-24-12-3-2-10(16)7-11(12)18-8-14(19)25(22,23)13-6-9(15(20)21)4-5-17-13/h2-7,18H,8H2,1H3,(H,20,21). The zero-order valence-electron chi connectivity index (χ0n) is 12.9. The molecule has 8 nitrogen and oxygen atoms in total. The van der Waals surface area contributed by atoms with Crippen LogP contribution in [-0.2, 0) is 14.6 Å². The summed E-state index contributed by atoms with van der Waals surface area (Å²) in [5.74, 6) is -0.950. The molecule has 0 aliphatic carbocycles. The Morgan fingerprint density at radius 2 is 2.00 bits per heavy atom. The number of ether oxygens (including phenoxy) is 1. The molecule has 2 N–H and O–H groups in total. The number of methoxy groups -OCH3 is 1. The van der Waals surface area contributed by atoms with Crippen molar-refractivity contribution in [3.63, 3.8) is 0 Å². The predicted octanol–water partition coefficient (Wildman–Crippen LogP) is 1.85. The van der Waals surface area contributed by atoms with Crippen molar-refractivity contribution >= 4 is 38.2 Å². The maximum atomic E-state index is 12.2. The molecule has 10 heteroatoms. The van der Waals surface area contributed by atoms with Crippen LogP contribution in [0.2, 0.25) is 5.02 Å². The van der Waals surface area contributed by atoms with Gasteiger partial charge in [-0.25, -0.2) is 18.2 Å². The Morgan fingerprint density at radius 3 is 2.64 bits per heavy atom. The Hall–Kier alpha value is -2.65. The molecule has 25 heavy (non-hydrogen) atoms. The van der Waals surface area contributed by atoms with Gasteiger partial charge in [-0.15, -0.1) is 0 Å². The minimum Gasteiger partial charge on any atom is -0.495 e. The second-order valence-corrected chi connectivity index (χ2v) is 7.08. The van der Waals surface area contributed by atoms with Crippen LogP contribution < -0.4 is 10.1 Å². The van der Waals surface area contributed by atoms with Gasteiger partial charge in [0.05, 0.1) is 24.9 Å². The number of aromatic nitrogens is 1. The summed E-state index contributed by atoms with van der Waals surface area (Å²) in [6.45, 7) is -0.571. The van der Waals surface area contributed by atoms with Crippen LogP contribution in [0.25, 0.3) is 0 Å². The summed E-state index contributed by atoms with van der Waals surface area (Å²) >= 11 is 5.86. The number of aromatic carboxylic acids is 1. The highest BCUT2D eigenvalue weighted by Gasteiger charge is 2.27. The summed E-state index contributed by atoms with van der Waals surface area (Å²) in [5, 5.41) is 10.1. The van der Waals surface area contributed by atoms with Gasteiger partial charge in [0.15, 0.2) is 5.03 Å². The van der Waals surface area contributed by atoms with Gasteiger partial charge < -0.3 is 15.2 Å². The van der Waals surface area contributed by atoms with E-state index in [-0.39, 0.29) is 5.56 Å². The third-order valence-electron chi connectivity index (χ3n) is 3.14. The molecule has 1 heterocycles. The fourth-order valence-electron chi connectivity index (χ4n) is 1.89. The zero-order chi connectivity index (χ0) is 18.6. The number of hydrogen-bond donors (Lipinski definition) is 2. The van der Waals surface area contributed by atoms with E-state index in [2.05, 4.69) is 10.3 Å². The minimum absolute atomic E-state index is 0.286. The van der Waals surface area contributed by atoms with Gasteiger partial charge in [0.25, 0.3) is 15.0 Å². The van der Waals surface area contributed by atoms with Crippen molar-refractivity contribution in [3.05, 3.63) is 47.1 Å². The average molecular weight is 385 g/mol. The van der Waals surface area contributed by atoms with Gasteiger partial charge in [-0.2, -0.15) is 0 Å². The Labute approximate surface area is 148 Å². The van der Waals surface area contributed by atoms with Crippen LogP contribution in [0.3, 0.4) is 0 Å². The number of rotatable bonds is 6. The number of halogens is 1. The molecule has 0 bridgehead atoms. The number of carboxylic acid groups (broad SMARTS) is 1. The third kappa shape index (κ3) is 4.25. The van der Waals surface area contributed by atoms with Crippen molar-refractivity contribution in [1.29, 1.82) is 0 Å². The highest BCUT2D eigenvalue weighted by Crippen LogP contribution is 2.27. The van der Waals surface area contributed by atoms with Gasteiger partial charge in [0.2, 0.25) is 0 Å². The molecule has 2 aromatic rings. The fraction of sp³-hybridized carbons (Fsp3) is 0.133. The van der Waals surface area contributed by atoms with E-state index >= 15 is 0 Å². The highest BCUT2D eigenvalue weighted by atomic mass is 35.5. The molecule has 0 unspecified atom stereocenters. The number of carbonyl (C=O) groups is 2. The molecular weight excluding hydrogens is 372 g/mol. The lowest BCUT2D eigenvalue weighted by molar-refractivity contribution is -0.110. The smallest absolute Gasteiger partial charge is 0.335 e. The van der Waals surface area contributed by atoms with Crippen LogP contribution >= 0.6 is 11.6 Å². The molecule has 2 rings (SSSR count). The van der Waals surface area contributed by atoms with Gasteiger partial charge in [0.1, 0.15) is 5.75 Å². The number of benzene rings is 1. The Balaban J connectivity index is 2.21. The second-order valence-electron chi connectivity index (χ2n) is 4.76. The first kappa shape index (κ1) is 18.7. The number of pyridine rings is 1. The second kappa shape index (κ2) is 7.49. The molecule has 0 saturated heterocycles. The molecule has 1 aromatic carbocycles. The molecule has 0 amide bonds. The SMILES string of the molecule is COc1ccc(Cl)cc1NCC(=O)S(=O)(=O)c1cc(C(=O)O)ccn1. The number of hydrogen-bond acceptors (Lipinski definition) is 7. The number of nitrogens with zero attached hydrogens (tertiary/aromatic N) is 1. The molecule has 0 atom stereocenters. The Morgan fingerprint density at radius 1 is 1.28 bits per heavy atom. The highest BCUT2D eigenvalue weighted by molar-refractivity contribution is 8.06. The average Bonchev–Trinajstić information content (AvgIpc) is 2.59. The topological polar surface area (TPSA) is 123 Å². The van der Waals surface area contributed by atoms with Gasteiger partial charge >= 0.3 is 5.97 Å². The Bertz CT molecular complexity index is 929. The van der Waals surface area contributed by atoms with Crippen molar-refractivity contribution in [3.8, 4) is 5.75 Å². The van der Waals surface area contributed by atoms with E-state index < -0.39 is 32.5 Å². The molecule has 132 valence electrons. The summed E-state index contributed by atoms with van der Waals surface area (Å²) in [4.78, 5) is 26.6. The van der Waals surface area contributed by atoms with Gasteiger partial charge in [-0.3, -0.25) is 4.79 Å². The number of carbonyl (C=O) groups excluding carboxylic acids is 1.